The van der Waals surface area contributed by atoms with Crippen LogP contribution >= 0.6 is 0 Å². The Morgan fingerprint density at radius 2 is 1.93 bits per heavy atom. The lowest BCUT2D eigenvalue weighted by Crippen LogP contribution is -2.13. The van der Waals surface area contributed by atoms with Gasteiger partial charge in [0.2, 0.25) is 0 Å². The summed E-state index contributed by atoms with van der Waals surface area (Å²) in [7, 11) is 0. The van der Waals surface area contributed by atoms with Crippen LogP contribution in [0.2, 0.25) is 0 Å². The zero-order chi connectivity index (χ0) is 9.83. The number of aromatic nitrogens is 1. The van der Waals surface area contributed by atoms with Crippen LogP contribution in [-0.2, 0) is 0 Å². The summed E-state index contributed by atoms with van der Waals surface area (Å²) in [5.74, 6) is 5.13. The molecule has 78 valence electrons. The molecule has 2 nitrogen and oxygen atoms in total. The summed E-state index contributed by atoms with van der Waals surface area (Å²) in [6, 6.07) is 6.87. The molecule has 3 saturated carbocycles. The third kappa shape index (κ3) is 1.08. The van der Waals surface area contributed by atoms with Crippen molar-refractivity contribution in [2.45, 2.75) is 25.3 Å². The minimum Gasteiger partial charge on any atom is -0.367 e. The number of pyridine rings is 1. The van der Waals surface area contributed by atoms with E-state index in [9.17, 15) is 0 Å². The Morgan fingerprint density at radius 3 is 2.60 bits per heavy atom. The zero-order valence-corrected chi connectivity index (χ0v) is 8.76. The fourth-order valence-electron chi connectivity index (χ4n) is 4.14. The number of hydrogen-bond donors (Lipinski definition) is 1. The second kappa shape index (κ2) is 2.75. The van der Waals surface area contributed by atoms with E-state index in [0.29, 0.717) is 0 Å². The quantitative estimate of drug-likeness (QED) is 0.793. The largest absolute Gasteiger partial charge is 0.367 e. The van der Waals surface area contributed by atoms with Crippen LogP contribution in [-0.4, -0.2) is 11.0 Å². The van der Waals surface area contributed by atoms with Crippen molar-refractivity contribution in [3.8, 4) is 0 Å². The number of hydrogen-bond acceptors (Lipinski definition) is 2. The summed E-state index contributed by atoms with van der Waals surface area (Å²) in [4.78, 5) is 4.35. The van der Waals surface area contributed by atoms with Crippen molar-refractivity contribution in [2.24, 2.45) is 23.7 Å². The van der Waals surface area contributed by atoms with Crippen molar-refractivity contribution in [3.63, 3.8) is 0 Å². The monoisotopic (exact) mass is 200 g/mol. The topological polar surface area (TPSA) is 24.9 Å². The van der Waals surface area contributed by atoms with Gasteiger partial charge < -0.3 is 5.32 Å². The van der Waals surface area contributed by atoms with Gasteiger partial charge in [0.25, 0.3) is 0 Å². The Bertz CT molecular complexity index is 359. The van der Waals surface area contributed by atoms with Crippen LogP contribution in [0.25, 0.3) is 0 Å². The van der Waals surface area contributed by atoms with Crippen LogP contribution in [0, 0.1) is 23.7 Å². The average Bonchev–Trinajstić information content (AvgIpc) is 2.71. The van der Waals surface area contributed by atoms with Gasteiger partial charge in [-0.3, -0.25) is 0 Å². The third-order valence-electron chi connectivity index (χ3n) is 4.71. The Hall–Kier alpha value is -1.05. The van der Waals surface area contributed by atoms with Gasteiger partial charge in [-0.05, 0) is 55.1 Å². The van der Waals surface area contributed by atoms with Gasteiger partial charge in [0.05, 0.1) is 0 Å². The van der Waals surface area contributed by atoms with Crippen LogP contribution in [0.1, 0.15) is 19.3 Å². The molecule has 2 bridgehead atoms. The van der Waals surface area contributed by atoms with Crippen LogP contribution in [0.3, 0.4) is 0 Å². The maximum absolute atomic E-state index is 4.35. The van der Waals surface area contributed by atoms with E-state index in [1.807, 2.05) is 12.3 Å². The zero-order valence-electron chi connectivity index (χ0n) is 8.76. The fourth-order valence-corrected chi connectivity index (χ4v) is 4.14. The normalized spacial score (nSPS) is 45.2. The van der Waals surface area contributed by atoms with Crippen LogP contribution in [0.5, 0.6) is 0 Å². The Balaban J connectivity index is 1.50. The molecule has 4 rings (SSSR count). The van der Waals surface area contributed by atoms with Gasteiger partial charge in [-0.25, -0.2) is 4.98 Å². The second-order valence-electron chi connectivity index (χ2n) is 5.37. The maximum Gasteiger partial charge on any atom is 0.126 e. The smallest absolute Gasteiger partial charge is 0.126 e. The summed E-state index contributed by atoms with van der Waals surface area (Å²) in [6.45, 7) is 0. The minimum atomic E-state index is 0.756. The molecule has 1 heterocycles. The van der Waals surface area contributed by atoms with Gasteiger partial charge >= 0.3 is 0 Å². The van der Waals surface area contributed by atoms with Crippen molar-refractivity contribution in [2.75, 3.05) is 5.32 Å². The van der Waals surface area contributed by atoms with E-state index in [-0.39, 0.29) is 0 Å². The van der Waals surface area contributed by atoms with Crippen LogP contribution < -0.4 is 5.32 Å². The Morgan fingerprint density at radius 1 is 1.13 bits per heavy atom. The van der Waals surface area contributed by atoms with Crippen LogP contribution in [0.15, 0.2) is 24.4 Å². The lowest BCUT2D eigenvalue weighted by atomic mass is 10.0. The highest BCUT2D eigenvalue weighted by Gasteiger charge is 2.65. The molecule has 15 heavy (non-hydrogen) atoms. The maximum atomic E-state index is 4.35. The van der Waals surface area contributed by atoms with E-state index >= 15 is 0 Å². The lowest BCUT2D eigenvalue weighted by molar-refractivity contribution is 0.456. The number of fused-ring (bicyclic) bond motifs is 5. The third-order valence-corrected chi connectivity index (χ3v) is 4.71. The molecule has 4 atom stereocenters. The summed E-state index contributed by atoms with van der Waals surface area (Å²) in [6.07, 6.45) is 6.38. The number of nitrogens with one attached hydrogen (secondary N) is 1. The van der Waals surface area contributed by atoms with Gasteiger partial charge in [-0.2, -0.15) is 0 Å². The van der Waals surface area contributed by atoms with Crippen molar-refractivity contribution in [1.29, 1.82) is 0 Å². The molecule has 0 aromatic carbocycles. The molecule has 1 aromatic heterocycles. The Kier molecular flexibility index (Phi) is 1.49. The van der Waals surface area contributed by atoms with Crippen molar-refractivity contribution in [3.05, 3.63) is 24.4 Å². The molecule has 1 aromatic rings. The predicted octanol–water partition coefficient (Wildman–Crippen LogP) is 2.54. The molecule has 3 fully saturated rings. The molecule has 0 spiro atoms. The summed E-state index contributed by atoms with van der Waals surface area (Å²) in [5.41, 5.74) is 0. The fraction of sp³-hybridized carbons (Fsp3) is 0.615. The second-order valence-corrected chi connectivity index (χ2v) is 5.37. The molecule has 0 aliphatic heterocycles. The van der Waals surface area contributed by atoms with E-state index < -0.39 is 0 Å². The van der Waals surface area contributed by atoms with Crippen molar-refractivity contribution in [1.82, 2.24) is 4.98 Å². The SMILES string of the molecule is c1ccc(NC2C3C4CCC(C4)C23)nc1. The van der Waals surface area contributed by atoms with Crippen molar-refractivity contribution >= 4 is 5.82 Å². The highest BCUT2D eigenvalue weighted by molar-refractivity contribution is 5.39. The molecule has 0 amide bonds. The first-order valence-electron chi connectivity index (χ1n) is 6.11. The number of anilines is 1. The van der Waals surface area contributed by atoms with E-state index in [1.54, 1.807) is 0 Å². The van der Waals surface area contributed by atoms with E-state index in [0.717, 1.165) is 35.5 Å². The molecule has 0 radical (unpaired) electrons. The van der Waals surface area contributed by atoms with E-state index in [1.165, 1.54) is 19.3 Å². The van der Waals surface area contributed by atoms with Gasteiger partial charge in [0, 0.05) is 12.2 Å². The summed E-state index contributed by atoms with van der Waals surface area (Å²) >= 11 is 0. The predicted molar refractivity (Wildman–Crippen MR) is 59.5 cm³/mol. The molecule has 3 aliphatic carbocycles. The molecule has 2 heteroatoms. The molecule has 1 N–H and O–H groups in total. The number of rotatable bonds is 2. The molecule has 4 unspecified atom stereocenters. The van der Waals surface area contributed by atoms with E-state index in [2.05, 4.69) is 22.4 Å². The Labute approximate surface area is 90.1 Å². The highest BCUT2D eigenvalue weighted by atomic mass is 15.1. The first-order chi connectivity index (χ1) is 7.43. The average molecular weight is 200 g/mol. The molecule has 3 aliphatic rings. The highest BCUT2D eigenvalue weighted by Crippen LogP contribution is 2.66. The lowest BCUT2D eigenvalue weighted by Gasteiger charge is -2.10. The van der Waals surface area contributed by atoms with Gasteiger partial charge in [0.1, 0.15) is 5.82 Å². The van der Waals surface area contributed by atoms with Crippen LogP contribution in [0.4, 0.5) is 5.82 Å². The molecular weight excluding hydrogens is 184 g/mol. The van der Waals surface area contributed by atoms with Gasteiger partial charge in [0.15, 0.2) is 0 Å². The van der Waals surface area contributed by atoms with Gasteiger partial charge in [-0.1, -0.05) is 6.07 Å². The first kappa shape index (κ1) is 8.14. The standard InChI is InChI=1S/C13H16N2/c1-2-6-14-10(3-1)15-13-11-8-4-5-9(7-8)12(11)13/h1-3,6,8-9,11-13H,4-5,7H2,(H,14,15). The molecule has 0 saturated heterocycles. The van der Waals surface area contributed by atoms with Gasteiger partial charge in [-0.15, -0.1) is 0 Å². The summed E-state index contributed by atoms with van der Waals surface area (Å²) in [5, 5.41) is 3.61. The van der Waals surface area contributed by atoms with E-state index in [4.69, 9.17) is 0 Å². The minimum absolute atomic E-state index is 0.756. The molecular formula is C13H16N2. The summed E-state index contributed by atoms with van der Waals surface area (Å²) < 4.78 is 0. The number of nitrogens with zero attached hydrogens (tertiary/aromatic N) is 1. The van der Waals surface area contributed by atoms with Crippen molar-refractivity contribution < 1.29 is 0 Å². The first-order valence-corrected chi connectivity index (χ1v) is 6.11.